The normalized spacial score (nSPS) is 22.5. The summed E-state index contributed by atoms with van der Waals surface area (Å²) < 4.78 is 1.68. The second kappa shape index (κ2) is 10.7. The van der Waals surface area contributed by atoms with Crippen molar-refractivity contribution in [2.45, 2.75) is 57.7 Å². The van der Waals surface area contributed by atoms with Crippen molar-refractivity contribution in [1.82, 2.24) is 14.9 Å². The Bertz CT molecular complexity index is 1700. The molecule has 8 nitrogen and oxygen atoms in total. The Hall–Kier alpha value is -4.64. The SMILES string of the molecule is CC(NC(=O)C1C(N)=NN2C=CC=NC12C)c1cc2cccc(C#CC3CCCCC3)c2c(=O)n1-c1ccccc1. The molecule has 1 fully saturated rings. The number of aromatic nitrogens is 1. The minimum absolute atomic E-state index is 0.166. The number of carbonyl (C=O) groups excluding carboxylic acids is 1. The summed E-state index contributed by atoms with van der Waals surface area (Å²) in [6.45, 7) is 3.70. The van der Waals surface area contributed by atoms with Crippen LogP contribution in [-0.4, -0.2) is 33.2 Å². The van der Waals surface area contributed by atoms with Gasteiger partial charge in [0.25, 0.3) is 5.56 Å². The summed E-state index contributed by atoms with van der Waals surface area (Å²) in [6.07, 6.45) is 11.1. The number of amides is 1. The van der Waals surface area contributed by atoms with Crippen LogP contribution in [0, 0.1) is 23.7 Å². The van der Waals surface area contributed by atoms with Crippen LogP contribution < -0.4 is 16.6 Å². The summed E-state index contributed by atoms with van der Waals surface area (Å²) in [7, 11) is 0. The van der Waals surface area contributed by atoms with Gasteiger partial charge in [0.15, 0.2) is 5.66 Å². The van der Waals surface area contributed by atoms with Crippen LogP contribution in [0.3, 0.4) is 0 Å². The second-order valence-corrected chi connectivity index (χ2v) is 11.2. The van der Waals surface area contributed by atoms with Crippen LogP contribution in [0.2, 0.25) is 0 Å². The maximum atomic E-state index is 14.3. The van der Waals surface area contributed by atoms with Crippen molar-refractivity contribution in [3.05, 3.63) is 88.5 Å². The molecule has 8 heteroatoms. The highest BCUT2D eigenvalue weighted by molar-refractivity contribution is 6.05. The van der Waals surface area contributed by atoms with Gasteiger partial charge in [0.1, 0.15) is 11.8 Å². The third-order valence-corrected chi connectivity index (χ3v) is 8.35. The Morgan fingerprint density at radius 2 is 1.90 bits per heavy atom. The summed E-state index contributed by atoms with van der Waals surface area (Å²) in [5, 5.41) is 10.4. The lowest BCUT2D eigenvalue weighted by molar-refractivity contribution is -0.126. The van der Waals surface area contributed by atoms with E-state index in [0.717, 1.165) is 23.8 Å². The van der Waals surface area contributed by atoms with E-state index in [1.165, 1.54) is 19.3 Å². The molecule has 1 aromatic heterocycles. The fourth-order valence-corrected chi connectivity index (χ4v) is 6.16. The molecule has 1 saturated carbocycles. The van der Waals surface area contributed by atoms with E-state index in [4.69, 9.17) is 5.73 Å². The number of nitrogens with one attached hydrogen (secondary N) is 1. The average Bonchev–Trinajstić information content (AvgIpc) is 3.26. The number of allylic oxidation sites excluding steroid dienone is 1. The van der Waals surface area contributed by atoms with Gasteiger partial charge in [-0.25, -0.2) is 5.01 Å². The van der Waals surface area contributed by atoms with E-state index < -0.39 is 17.6 Å². The number of fused-ring (bicyclic) bond motifs is 2. The molecule has 2 aliphatic heterocycles. The predicted octanol–water partition coefficient (Wildman–Crippen LogP) is 4.62. The van der Waals surface area contributed by atoms with Crippen molar-refractivity contribution in [3.63, 3.8) is 0 Å². The number of hydrazone groups is 1. The number of rotatable bonds is 4. The van der Waals surface area contributed by atoms with Crippen LogP contribution in [0.5, 0.6) is 0 Å². The van der Waals surface area contributed by atoms with E-state index in [9.17, 15) is 9.59 Å². The minimum atomic E-state index is -0.947. The summed E-state index contributed by atoms with van der Waals surface area (Å²) in [4.78, 5) is 32.5. The zero-order valence-electron chi connectivity index (χ0n) is 23.4. The number of hydrogen-bond acceptors (Lipinski definition) is 6. The summed E-state index contributed by atoms with van der Waals surface area (Å²) >= 11 is 0. The number of nitrogens with zero attached hydrogens (tertiary/aromatic N) is 4. The molecule has 0 spiro atoms. The van der Waals surface area contributed by atoms with Gasteiger partial charge in [-0.2, -0.15) is 5.10 Å². The number of hydrogen-bond donors (Lipinski definition) is 2. The zero-order valence-corrected chi connectivity index (χ0v) is 23.4. The van der Waals surface area contributed by atoms with Gasteiger partial charge in [0.2, 0.25) is 5.91 Å². The van der Waals surface area contributed by atoms with E-state index in [0.29, 0.717) is 22.7 Å². The fraction of sp³-hybridized carbons (Fsp3) is 0.333. The van der Waals surface area contributed by atoms with E-state index in [1.807, 2.05) is 68.4 Å². The van der Waals surface area contributed by atoms with Gasteiger partial charge in [0, 0.05) is 35.3 Å². The Labute approximate surface area is 239 Å². The summed E-state index contributed by atoms with van der Waals surface area (Å²) in [6, 6.07) is 16.7. The number of benzene rings is 2. The number of nitrogens with two attached hydrogens (primary N) is 1. The number of para-hydroxylation sites is 1. The number of aliphatic imine (C=N–C) groups is 1. The number of amidine groups is 1. The lowest BCUT2D eigenvalue weighted by atomic mass is 9.89. The zero-order chi connectivity index (χ0) is 28.6. The van der Waals surface area contributed by atoms with Gasteiger partial charge in [-0.15, -0.1) is 0 Å². The highest BCUT2D eigenvalue weighted by atomic mass is 16.2. The van der Waals surface area contributed by atoms with Crippen LogP contribution in [0.1, 0.15) is 63.3 Å². The molecule has 3 heterocycles. The molecule has 208 valence electrons. The van der Waals surface area contributed by atoms with Gasteiger partial charge in [-0.3, -0.25) is 19.1 Å². The maximum absolute atomic E-state index is 14.3. The monoisotopic (exact) mass is 546 g/mol. The maximum Gasteiger partial charge on any atom is 0.264 e. The molecule has 6 rings (SSSR count). The highest BCUT2D eigenvalue weighted by Gasteiger charge is 2.51. The van der Waals surface area contributed by atoms with Gasteiger partial charge >= 0.3 is 0 Å². The first-order chi connectivity index (χ1) is 19.9. The molecule has 41 heavy (non-hydrogen) atoms. The van der Waals surface area contributed by atoms with Crippen molar-refractivity contribution >= 4 is 28.7 Å². The molecule has 0 bridgehead atoms. The standard InChI is InChI=1S/C33H34N6O2/c1-22(36-31(40)29-30(34)37-38-20-10-19-35-33(29,38)2)27-21-25-14-9-13-24(18-17-23-11-5-3-6-12-23)28(25)32(41)39(27)26-15-7-4-8-16-26/h4,7-10,13-16,19-23,29H,3,5-6,11-12H2,1-2H3,(H2,34,37)(H,36,40). The fourth-order valence-electron chi connectivity index (χ4n) is 6.16. The summed E-state index contributed by atoms with van der Waals surface area (Å²) in [5.74, 6) is 6.26. The Kier molecular flexibility index (Phi) is 6.96. The first-order valence-corrected chi connectivity index (χ1v) is 14.3. The van der Waals surface area contributed by atoms with Crippen LogP contribution in [0.15, 0.2) is 81.8 Å². The van der Waals surface area contributed by atoms with E-state index in [2.05, 4.69) is 27.3 Å². The van der Waals surface area contributed by atoms with Gasteiger partial charge in [-0.05, 0) is 62.4 Å². The molecule has 2 aromatic carbocycles. The Morgan fingerprint density at radius 1 is 1.12 bits per heavy atom. The Balaban J connectivity index is 1.41. The molecule has 3 atom stereocenters. The van der Waals surface area contributed by atoms with E-state index in [-0.39, 0.29) is 17.3 Å². The quantitative estimate of drug-likeness (QED) is 0.466. The van der Waals surface area contributed by atoms with Crippen LogP contribution >= 0.6 is 0 Å². The molecule has 0 saturated heterocycles. The third-order valence-electron chi connectivity index (χ3n) is 8.35. The minimum Gasteiger partial charge on any atom is -0.385 e. The molecular formula is C33H34N6O2. The number of carbonyl (C=O) groups is 1. The van der Waals surface area contributed by atoms with E-state index >= 15 is 0 Å². The predicted molar refractivity (Wildman–Crippen MR) is 163 cm³/mol. The van der Waals surface area contributed by atoms with Gasteiger partial charge in [-0.1, -0.05) is 61.4 Å². The van der Waals surface area contributed by atoms with Crippen molar-refractivity contribution in [2.75, 3.05) is 0 Å². The summed E-state index contributed by atoms with van der Waals surface area (Å²) in [5.41, 5.74) is 7.22. The number of pyridine rings is 1. The van der Waals surface area contributed by atoms with Crippen LogP contribution in [0.25, 0.3) is 16.5 Å². The molecule has 3 N–H and O–H groups in total. The van der Waals surface area contributed by atoms with Crippen LogP contribution in [0.4, 0.5) is 0 Å². The lowest BCUT2D eigenvalue weighted by Gasteiger charge is -2.34. The topological polar surface area (TPSA) is 105 Å². The second-order valence-electron chi connectivity index (χ2n) is 11.2. The Morgan fingerprint density at radius 3 is 2.68 bits per heavy atom. The van der Waals surface area contributed by atoms with E-state index in [1.54, 1.807) is 28.1 Å². The van der Waals surface area contributed by atoms with Gasteiger partial charge < -0.3 is 11.1 Å². The van der Waals surface area contributed by atoms with Crippen molar-refractivity contribution in [3.8, 4) is 17.5 Å². The lowest BCUT2D eigenvalue weighted by Crippen LogP contribution is -2.52. The average molecular weight is 547 g/mol. The smallest absolute Gasteiger partial charge is 0.264 e. The highest BCUT2D eigenvalue weighted by Crippen LogP contribution is 2.35. The third kappa shape index (κ3) is 4.82. The van der Waals surface area contributed by atoms with Crippen molar-refractivity contribution in [1.29, 1.82) is 0 Å². The first kappa shape index (κ1) is 26.6. The first-order valence-electron chi connectivity index (χ1n) is 14.3. The largest absolute Gasteiger partial charge is 0.385 e. The van der Waals surface area contributed by atoms with Crippen LogP contribution in [-0.2, 0) is 4.79 Å². The molecule has 1 amide bonds. The molecule has 0 radical (unpaired) electrons. The molecule has 3 aromatic rings. The van der Waals surface area contributed by atoms with Crippen molar-refractivity contribution < 1.29 is 4.79 Å². The van der Waals surface area contributed by atoms with Crippen molar-refractivity contribution in [2.24, 2.45) is 27.7 Å². The molecule has 1 aliphatic carbocycles. The van der Waals surface area contributed by atoms with Gasteiger partial charge in [0.05, 0.1) is 11.4 Å². The molecular weight excluding hydrogens is 512 g/mol. The molecule has 3 unspecified atom stereocenters. The molecule has 3 aliphatic rings.